The van der Waals surface area contributed by atoms with Gasteiger partial charge in [0.25, 0.3) is 5.91 Å². The van der Waals surface area contributed by atoms with Crippen molar-refractivity contribution in [1.82, 2.24) is 25.4 Å². The molecule has 11 nitrogen and oxygen atoms in total. The molecule has 13 heteroatoms. The van der Waals surface area contributed by atoms with Gasteiger partial charge in [0.05, 0.1) is 12.3 Å². The molecule has 2 aliphatic rings. The van der Waals surface area contributed by atoms with E-state index in [0.717, 1.165) is 56.6 Å². The summed E-state index contributed by atoms with van der Waals surface area (Å²) in [5, 5.41) is 17.2. The molecule has 0 spiro atoms. The van der Waals surface area contributed by atoms with Gasteiger partial charge in [0.15, 0.2) is 0 Å². The quantitative estimate of drug-likeness (QED) is 0.253. The Labute approximate surface area is 280 Å². The topological polar surface area (TPSA) is 144 Å². The van der Waals surface area contributed by atoms with E-state index in [0.29, 0.717) is 31.6 Å². The number of hydrogen-bond acceptors (Lipinski definition) is 7. The maximum atomic E-state index is 15.3. The Morgan fingerprint density at radius 2 is 1.60 bits per heavy atom. The van der Waals surface area contributed by atoms with Crippen molar-refractivity contribution in [2.75, 3.05) is 38.5 Å². The lowest BCUT2D eigenvalue weighted by atomic mass is 9.90. The largest absolute Gasteiger partial charge is 0.390 e. The van der Waals surface area contributed by atoms with Gasteiger partial charge in [0, 0.05) is 56.0 Å². The minimum absolute atomic E-state index is 0.145. The molecule has 4 N–H and O–H groups in total. The fourth-order valence-electron chi connectivity index (χ4n) is 6.29. The van der Waals surface area contributed by atoms with Gasteiger partial charge in [-0.1, -0.05) is 51.7 Å². The van der Waals surface area contributed by atoms with Gasteiger partial charge in [-0.05, 0) is 55.6 Å². The van der Waals surface area contributed by atoms with E-state index in [4.69, 9.17) is 0 Å². The van der Waals surface area contributed by atoms with Crippen LogP contribution in [-0.2, 0) is 31.7 Å². The van der Waals surface area contributed by atoms with E-state index < -0.39 is 42.0 Å². The van der Waals surface area contributed by atoms with Crippen molar-refractivity contribution in [2.45, 2.75) is 89.3 Å². The summed E-state index contributed by atoms with van der Waals surface area (Å²) in [7, 11) is 2.00. The first kappa shape index (κ1) is 36.9. The molecule has 2 heterocycles. The molecule has 4 rings (SSSR count). The highest BCUT2D eigenvalue weighted by Crippen LogP contribution is 2.31. The maximum absolute atomic E-state index is 15.3. The summed E-state index contributed by atoms with van der Waals surface area (Å²) in [5.74, 6) is -7.22. The number of anilines is 1. The van der Waals surface area contributed by atoms with Crippen LogP contribution in [0.15, 0.2) is 42.6 Å². The SMILES string of the molecule is CCC(=O)NC(C(=O)N1CCN(C)CC1)C(C)c1ccc(NC(=O)C(NC(=O)C(F)(F)c2ccc(CO)nc2)C2CCCCCC2)cc1. The third-order valence-electron chi connectivity index (χ3n) is 9.50. The van der Waals surface area contributed by atoms with Gasteiger partial charge in [0.2, 0.25) is 17.7 Å². The number of aliphatic hydroxyl groups excluding tert-OH is 1. The number of nitrogens with one attached hydrogen (secondary N) is 3. The van der Waals surface area contributed by atoms with Crippen LogP contribution in [0.5, 0.6) is 0 Å². The molecule has 2 aromatic rings. The van der Waals surface area contributed by atoms with Crippen molar-refractivity contribution in [2.24, 2.45) is 5.92 Å². The number of piperazine rings is 1. The van der Waals surface area contributed by atoms with Crippen LogP contribution < -0.4 is 16.0 Å². The highest BCUT2D eigenvalue weighted by molar-refractivity contribution is 5.98. The molecule has 1 aliphatic heterocycles. The Hall–Kier alpha value is -3.97. The summed E-state index contributed by atoms with van der Waals surface area (Å²) in [6.45, 7) is 5.81. The number of likely N-dealkylation sites (N-methyl/N-ethyl adjacent to an activating group) is 1. The lowest BCUT2D eigenvalue weighted by Crippen LogP contribution is -2.55. The average Bonchev–Trinajstić information content (AvgIpc) is 3.39. The Balaban J connectivity index is 1.49. The normalized spacial score (nSPS) is 18.2. The zero-order chi connectivity index (χ0) is 34.8. The Kier molecular flexibility index (Phi) is 13.0. The number of carbonyl (C=O) groups is 4. The van der Waals surface area contributed by atoms with Crippen molar-refractivity contribution in [3.63, 3.8) is 0 Å². The van der Waals surface area contributed by atoms with Gasteiger partial charge in [0.1, 0.15) is 12.1 Å². The molecule has 262 valence electrons. The summed E-state index contributed by atoms with van der Waals surface area (Å²) < 4.78 is 30.5. The zero-order valence-electron chi connectivity index (χ0n) is 28.0. The predicted octanol–water partition coefficient (Wildman–Crippen LogP) is 3.53. The van der Waals surface area contributed by atoms with E-state index in [1.165, 1.54) is 6.07 Å². The third kappa shape index (κ3) is 9.34. The monoisotopic (exact) mass is 670 g/mol. The average molecular weight is 671 g/mol. The van der Waals surface area contributed by atoms with E-state index in [2.05, 4.69) is 25.8 Å². The van der Waals surface area contributed by atoms with Crippen molar-refractivity contribution < 1.29 is 33.1 Å². The molecule has 1 aromatic heterocycles. The predicted molar refractivity (Wildman–Crippen MR) is 177 cm³/mol. The molecule has 0 bridgehead atoms. The summed E-state index contributed by atoms with van der Waals surface area (Å²) in [6, 6.07) is 7.15. The number of pyridine rings is 1. The lowest BCUT2D eigenvalue weighted by molar-refractivity contribution is -0.149. The van der Waals surface area contributed by atoms with Crippen LogP contribution in [0.3, 0.4) is 0 Å². The van der Waals surface area contributed by atoms with Gasteiger partial charge >= 0.3 is 5.92 Å². The molecule has 1 saturated heterocycles. The van der Waals surface area contributed by atoms with Gasteiger partial charge in [-0.15, -0.1) is 0 Å². The first-order valence-electron chi connectivity index (χ1n) is 16.9. The van der Waals surface area contributed by atoms with E-state index in [9.17, 15) is 24.3 Å². The first-order valence-corrected chi connectivity index (χ1v) is 16.9. The van der Waals surface area contributed by atoms with Crippen molar-refractivity contribution >= 4 is 29.3 Å². The molecule has 1 aromatic carbocycles. The zero-order valence-corrected chi connectivity index (χ0v) is 28.0. The summed E-state index contributed by atoms with van der Waals surface area (Å²) in [5.41, 5.74) is 0.722. The van der Waals surface area contributed by atoms with Crippen LogP contribution in [0.2, 0.25) is 0 Å². The van der Waals surface area contributed by atoms with Crippen LogP contribution in [0.25, 0.3) is 0 Å². The van der Waals surface area contributed by atoms with Gasteiger partial charge in [-0.3, -0.25) is 24.2 Å². The van der Waals surface area contributed by atoms with Crippen LogP contribution in [0.4, 0.5) is 14.5 Å². The molecule has 48 heavy (non-hydrogen) atoms. The number of halogens is 2. The molecule has 0 radical (unpaired) electrons. The number of amides is 4. The van der Waals surface area contributed by atoms with Crippen LogP contribution in [-0.4, -0.2) is 88.8 Å². The fraction of sp³-hybridized carbons (Fsp3) is 0.571. The van der Waals surface area contributed by atoms with Crippen LogP contribution >= 0.6 is 0 Å². The summed E-state index contributed by atoms with van der Waals surface area (Å²) in [4.78, 5) is 60.3. The van der Waals surface area contributed by atoms with Gasteiger partial charge in [-0.25, -0.2) is 0 Å². The number of benzene rings is 1. The molecular formula is C35H48F2N6O5. The fourth-order valence-corrected chi connectivity index (χ4v) is 6.29. The van der Waals surface area contributed by atoms with Crippen molar-refractivity contribution in [3.8, 4) is 0 Å². The minimum Gasteiger partial charge on any atom is -0.390 e. The molecule has 4 amide bonds. The molecule has 2 fully saturated rings. The molecule has 3 atom stereocenters. The highest BCUT2D eigenvalue weighted by Gasteiger charge is 2.44. The van der Waals surface area contributed by atoms with Crippen LogP contribution in [0.1, 0.15) is 81.5 Å². The van der Waals surface area contributed by atoms with E-state index in [-0.39, 0.29) is 35.8 Å². The third-order valence-corrected chi connectivity index (χ3v) is 9.50. The van der Waals surface area contributed by atoms with E-state index >= 15 is 8.78 Å². The Morgan fingerprint density at radius 1 is 0.958 bits per heavy atom. The molecule has 3 unspecified atom stereocenters. The van der Waals surface area contributed by atoms with Crippen molar-refractivity contribution in [1.29, 1.82) is 0 Å². The standard InChI is InChI=1S/C35H48F2N6O5/c1-4-29(45)40-30(33(47)43-19-17-42(3)18-20-43)23(2)24-11-14-27(15-12-24)39-32(46)31(25-9-7-5-6-8-10-25)41-34(48)35(36,37)26-13-16-28(22-44)38-21-26/h11-16,21,23,25,30-31,44H,4-10,17-20,22H2,1-3H3,(H,39,46)(H,40,45)(H,41,48). The molecule has 1 saturated carbocycles. The van der Waals surface area contributed by atoms with E-state index in [1.54, 1.807) is 36.1 Å². The van der Waals surface area contributed by atoms with Gasteiger partial charge in [-0.2, -0.15) is 8.78 Å². The second kappa shape index (κ2) is 16.9. The smallest absolute Gasteiger partial charge is 0.351 e. The summed E-state index contributed by atoms with van der Waals surface area (Å²) >= 11 is 0. The Morgan fingerprint density at radius 3 is 2.17 bits per heavy atom. The molecular weight excluding hydrogens is 622 g/mol. The minimum atomic E-state index is -3.95. The number of carbonyl (C=O) groups excluding carboxylic acids is 4. The second-order valence-electron chi connectivity index (χ2n) is 12.9. The number of aliphatic hydroxyl groups is 1. The first-order chi connectivity index (χ1) is 22.9. The number of alkyl halides is 2. The molecule has 1 aliphatic carbocycles. The number of nitrogens with zero attached hydrogens (tertiary/aromatic N) is 3. The van der Waals surface area contributed by atoms with Gasteiger partial charge < -0.3 is 30.9 Å². The maximum Gasteiger partial charge on any atom is 0.351 e. The van der Waals surface area contributed by atoms with E-state index in [1.807, 2.05) is 14.0 Å². The number of hydrogen-bond donors (Lipinski definition) is 4. The van der Waals surface area contributed by atoms with Crippen molar-refractivity contribution in [3.05, 3.63) is 59.4 Å². The second-order valence-corrected chi connectivity index (χ2v) is 12.9. The lowest BCUT2D eigenvalue weighted by Gasteiger charge is -2.36. The highest BCUT2D eigenvalue weighted by atomic mass is 19.3. The number of aromatic nitrogens is 1. The summed E-state index contributed by atoms with van der Waals surface area (Å²) in [6.07, 6.45) is 5.89. The van der Waals surface area contributed by atoms with Crippen LogP contribution in [0, 0.1) is 5.92 Å². The Bertz CT molecular complexity index is 1390. The number of rotatable bonds is 12.